The van der Waals surface area contributed by atoms with E-state index >= 15 is 0 Å². The van der Waals surface area contributed by atoms with Crippen LogP contribution in [0.1, 0.15) is 24.1 Å². The van der Waals surface area contributed by atoms with Crippen LogP contribution in [0, 0.1) is 18.8 Å². The predicted octanol–water partition coefficient (Wildman–Crippen LogP) is 4.03. The van der Waals surface area contributed by atoms with E-state index in [2.05, 4.69) is 15.0 Å². The minimum absolute atomic E-state index is 0.0288. The first-order chi connectivity index (χ1) is 12.5. The zero-order valence-corrected chi connectivity index (χ0v) is 15.2. The van der Waals surface area contributed by atoms with Crippen molar-refractivity contribution in [2.75, 3.05) is 11.9 Å². The summed E-state index contributed by atoms with van der Waals surface area (Å²) in [6.07, 6.45) is 2.87. The Kier molecular flexibility index (Phi) is 5.83. The number of hydrogen-bond donors (Lipinski definition) is 2. The predicted molar refractivity (Wildman–Crippen MR) is 97.4 cm³/mol. The second kappa shape index (κ2) is 8.09. The third-order valence-electron chi connectivity index (χ3n) is 4.68. The molecule has 0 bridgehead atoms. The molecule has 0 radical (unpaired) electrons. The van der Waals surface area contributed by atoms with Gasteiger partial charge in [-0.2, -0.15) is 8.78 Å². The highest BCUT2D eigenvalue weighted by atomic mass is 32.1. The van der Waals surface area contributed by atoms with Crippen LogP contribution >= 0.6 is 11.3 Å². The summed E-state index contributed by atoms with van der Waals surface area (Å²) < 4.78 is 28.8. The molecular formula is C18H21F2N3O2S. The van der Waals surface area contributed by atoms with Gasteiger partial charge in [0.25, 0.3) is 0 Å². The Labute approximate surface area is 154 Å². The molecule has 8 heteroatoms. The smallest absolute Gasteiger partial charge is 0.387 e. The van der Waals surface area contributed by atoms with Gasteiger partial charge in [0, 0.05) is 16.4 Å². The minimum Gasteiger partial charge on any atom is -0.435 e. The van der Waals surface area contributed by atoms with Gasteiger partial charge in [-0.15, -0.1) is 11.3 Å². The number of amides is 1. The zero-order chi connectivity index (χ0) is 18.7. The molecule has 1 aliphatic carbocycles. The molecule has 1 fully saturated rings. The number of thiazole rings is 1. The van der Waals surface area contributed by atoms with Crippen molar-refractivity contribution in [1.29, 1.82) is 0 Å². The van der Waals surface area contributed by atoms with Crippen molar-refractivity contribution < 1.29 is 18.3 Å². The number of nitrogens with zero attached hydrogens (tertiary/aromatic N) is 1. The van der Waals surface area contributed by atoms with E-state index < -0.39 is 6.61 Å². The number of nitrogens with one attached hydrogen (secondary N) is 1. The first-order valence-electron chi connectivity index (χ1n) is 8.51. The molecular weight excluding hydrogens is 360 g/mol. The number of anilines is 1. The monoisotopic (exact) mass is 381 g/mol. The van der Waals surface area contributed by atoms with Crippen LogP contribution in [-0.2, 0) is 4.79 Å². The lowest BCUT2D eigenvalue weighted by Crippen LogP contribution is -2.29. The molecule has 2 atom stereocenters. The number of ether oxygens (including phenoxy) is 1. The van der Waals surface area contributed by atoms with E-state index in [1.165, 1.54) is 23.5 Å². The minimum atomic E-state index is -2.85. The average Bonchev–Trinajstić information content (AvgIpc) is 3.21. The number of rotatable bonds is 6. The van der Waals surface area contributed by atoms with E-state index in [0.29, 0.717) is 11.7 Å². The summed E-state index contributed by atoms with van der Waals surface area (Å²) >= 11 is 1.39. The third-order valence-corrected chi connectivity index (χ3v) is 5.56. The van der Waals surface area contributed by atoms with Crippen LogP contribution in [0.5, 0.6) is 5.75 Å². The van der Waals surface area contributed by atoms with E-state index in [-0.39, 0.29) is 23.5 Å². The van der Waals surface area contributed by atoms with E-state index in [4.69, 9.17) is 5.73 Å². The number of alkyl halides is 2. The molecule has 0 saturated heterocycles. The lowest BCUT2D eigenvalue weighted by atomic mass is 9.95. The first kappa shape index (κ1) is 18.7. The van der Waals surface area contributed by atoms with Crippen molar-refractivity contribution >= 4 is 22.4 Å². The molecule has 3 rings (SSSR count). The molecule has 140 valence electrons. The maximum atomic E-state index is 12.5. The third kappa shape index (κ3) is 4.19. The van der Waals surface area contributed by atoms with Gasteiger partial charge in [-0.25, -0.2) is 4.98 Å². The van der Waals surface area contributed by atoms with Gasteiger partial charge in [0.2, 0.25) is 5.91 Å². The molecule has 26 heavy (non-hydrogen) atoms. The molecule has 1 aromatic carbocycles. The molecule has 1 amide bonds. The van der Waals surface area contributed by atoms with Gasteiger partial charge in [0.05, 0.1) is 5.69 Å². The maximum absolute atomic E-state index is 12.5. The standard InChI is InChI=1S/C18H21F2N3O2S/c1-10-15(11-5-7-13(8-6-11)25-17(19)20)22-18(26-10)23-16(24)14-4-2-3-12(14)9-21/h5-8,12,14,17H,2-4,9,21H2,1H3,(H,22,23,24)/t12-,14-/m1/s1. The Morgan fingerprint density at radius 3 is 2.77 bits per heavy atom. The Bertz CT molecular complexity index is 764. The van der Waals surface area contributed by atoms with E-state index in [1.807, 2.05) is 6.92 Å². The largest absolute Gasteiger partial charge is 0.435 e. The summed E-state index contributed by atoms with van der Waals surface area (Å²) in [6.45, 7) is -0.422. The lowest BCUT2D eigenvalue weighted by molar-refractivity contribution is -0.120. The zero-order valence-electron chi connectivity index (χ0n) is 14.4. The maximum Gasteiger partial charge on any atom is 0.387 e. The number of aromatic nitrogens is 1. The van der Waals surface area contributed by atoms with E-state index in [0.717, 1.165) is 35.4 Å². The molecule has 2 aromatic rings. The second-order valence-electron chi connectivity index (χ2n) is 6.35. The quantitative estimate of drug-likeness (QED) is 0.792. The topological polar surface area (TPSA) is 77.2 Å². The van der Waals surface area contributed by atoms with Crippen LogP contribution in [0.25, 0.3) is 11.3 Å². The molecule has 1 aliphatic rings. The number of carbonyl (C=O) groups is 1. The molecule has 0 spiro atoms. The number of aryl methyl sites for hydroxylation is 1. The summed E-state index contributed by atoms with van der Waals surface area (Å²) in [6, 6.07) is 6.30. The Hall–Kier alpha value is -2.06. The summed E-state index contributed by atoms with van der Waals surface area (Å²) in [7, 11) is 0. The highest BCUT2D eigenvalue weighted by molar-refractivity contribution is 7.16. The fourth-order valence-corrected chi connectivity index (χ4v) is 4.21. The molecule has 1 heterocycles. The van der Waals surface area contributed by atoms with Gasteiger partial charge in [0.1, 0.15) is 5.75 Å². The average molecular weight is 381 g/mol. The molecule has 5 nitrogen and oxygen atoms in total. The van der Waals surface area contributed by atoms with Gasteiger partial charge >= 0.3 is 6.61 Å². The van der Waals surface area contributed by atoms with Crippen LogP contribution in [0.2, 0.25) is 0 Å². The fraction of sp³-hybridized carbons (Fsp3) is 0.444. The van der Waals surface area contributed by atoms with Gasteiger partial charge in [0.15, 0.2) is 5.13 Å². The van der Waals surface area contributed by atoms with Crippen LogP contribution in [0.15, 0.2) is 24.3 Å². The van der Waals surface area contributed by atoms with Crippen molar-refractivity contribution in [2.45, 2.75) is 32.8 Å². The molecule has 1 aromatic heterocycles. The Morgan fingerprint density at radius 2 is 2.12 bits per heavy atom. The summed E-state index contributed by atoms with van der Waals surface area (Å²) in [5, 5.41) is 3.45. The van der Waals surface area contributed by atoms with Crippen LogP contribution in [0.3, 0.4) is 0 Å². The van der Waals surface area contributed by atoms with Crippen LogP contribution in [0.4, 0.5) is 13.9 Å². The highest BCUT2D eigenvalue weighted by Gasteiger charge is 2.32. The highest BCUT2D eigenvalue weighted by Crippen LogP contribution is 2.34. The fourth-order valence-electron chi connectivity index (χ4n) is 3.37. The van der Waals surface area contributed by atoms with Crippen molar-refractivity contribution in [3.05, 3.63) is 29.1 Å². The van der Waals surface area contributed by atoms with Crippen LogP contribution in [-0.4, -0.2) is 24.0 Å². The van der Waals surface area contributed by atoms with Gasteiger partial charge < -0.3 is 15.8 Å². The Morgan fingerprint density at radius 1 is 1.38 bits per heavy atom. The van der Waals surface area contributed by atoms with Crippen LogP contribution < -0.4 is 15.8 Å². The van der Waals surface area contributed by atoms with Gasteiger partial charge in [-0.05, 0) is 56.5 Å². The molecule has 0 unspecified atom stereocenters. The summed E-state index contributed by atoms with van der Waals surface area (Å²) in [5.41, 5.74) is 7.25. The van der Waals surface area contributed by atoms with Gasteiger partial charge in [-0.3, -0.25) is 4.79 Å². The number of benzene rings is 1. The van der Waals surface area contributed by atoms with Gasteiger partial charge in [-0.1, -0.05) is 6.42 Å². The van der Waals surface area contributed by atoms with Crippen molar-refractivity contribution in [2.24, 2.45) is 17.6 Å². The summed E-state index contributed by atoms with van der Waals surface area (Å²) in [4.78, 5) is 17.9. The summed E-state index contributed by atoms with van der Waals surface area (Å²) in [5.74, 6) is 0.245. The Balaban J connectivity index is 1.71. The number of halogens is 2. The molecule has 1 saturated carbocycles. The SMILES string of the molecule is Cc1sc(NC(=O)[C@@H]2CCC[C@@H]2CN)nc1-c1ccc(OC(F)F)cc1. The van der Waals surface area contributed by atoms with E-state index in [1.54, 1.807) is 12.1 Å². The van der Waals surface area contributed by atoms with E-state index in [9.17, 15) is 13.6 Å². The van der Waals surface area contributed by atoms with Crippen molar-refractivity contribution in [3.63, 3.8) is 0 Å². The second-order valence-corrected chi connectivity index (χ2v) is 7.55. The first-order valence-corrected chi connectivity index (χ1v) is 9.33. The van der Waals surface area contributed by atoms with Crippen molar-refractivity contribution in [3.8, 4) is 17.0 Å². The lowest BCUT2D eigenvalue weighted by Gasteiger charge is -2.16. The normalized spacial score (nSPS) is 19.7. The molecule has 3 N–H and O–H groups in total. The molecule has 0 aliphatic heterocycles. The number of carbonyl (C=O) groups excluding carboxylic acids is 1. The number of nitrogens with two attached hydrogens (primary N) is 1. The van der Waals surface area contributed by atoms with Crippen molar-refractivity contribution in [1.82, 2.24) is 4.98 Å². The number of hydrogen-bond acceptors (Lipinski definition) is 5.